The fourth-order valence-corrected chi connectivity index (χ4v) is 7.21. The van der Waals surface area contributed by atoms with Crippen LogP contribution in [0.25, 0.3) is 5.69 Å². The number of aromatic nitrogens is 5. The van der Waals surface area contributed by atoms with E-state index in [-0.39, 0.29) is 17.5 Å². The average Bonchev–Trinajstić information content (AvgIpc) is 3.44. The Morgan fingerprint density at radius 1 is 1.08 bits per heavy atom. The lowest BCUT2D eigenvalue weighted by Crippen LogP contribution is -2.31. The molecule has 37 heavy (non-hydrogen) atoms. The van der Waals surface area contributed by atoms with Crippen LogP contribution in [0.4, 0.5) is 5.95 Å². The summed E-state index contributed by atoms with van der Waals surface area (Å²) in [5.41, 5.74) is 1.22. The molecule has 1 aliphatic rings. The minimum Gasteiger partial charge on any atom is -0.494 e. The highest BCUT2D eigenvalue weighted by molar-refractivity contribution is 7.93. The Kier molecular flexibility index (Phi) is 7.42. The third-order valence-corrected chi connectivity index (χ3v) is 10.2. The van der Waals surface area contributed by atoms with E-state index in [0.717, 1.165) is 5.56 Å². The number of benzene rings is 1. The molecule has 0 spiro atoms. The number of para-hydroxylation sites is 1. The molecule has 0 bridgehead atoms. The highest BCUT2D eigenvalue weighted by Gasteiger charge is 2.37. The van der Waals surface area contributed by atoms with Crippen LogP contribution >= 0.6 is 0 Å². The molecule has 3 atom stereocenters. The van der Waals surface area contributed by atoms with Gasteiger partial charge in [0.2, 0.25) is 16.0 Å². The second kappa shape index (κ2) is 10.2. The van der Waals surface area contributed by atoms with Crippen molar-refractivity contribution in [3.8, 4) is 17.2 Å². The molecule has 0 aliphatic carbocycles. The number of sulfonamides is 1. The molecule has 1 fully saturated rings. The lowest BCUT2D eigenvalue weighted by molar-refractivity contribution is 0.390. The van der Waals surface area contributed by atoms with E-state index in [1.165, 1.54) is 18.8 Å². The SMILES string of the molecule is COc1cccc(OC)c1-n1c(NS(=O)(=O)[C@@H](C)[C@H](C)c2ncc(C)cn2)nnc1[C@H]1CCS(=O)(=O)C1. The van der Waals surface area contributed by atoms with Gasteiger partial charge in [0.1, 0.15) is 28.8 Å². The maximum absolute atomic E-state index is 13.5. The smallest absolute Gasteiger partial charge is 0.243 e. The highest BCUT2D eigenvalue weighted by atomic mass is 32.2. The van der Waals surface area contributed by atoms with E-state index in [2.05, 4.69) is 24.9 Å². The Balaban J connectivity index is 1.79. The number of nitrogens with one attached hydrogen (secondary N) is 1. The summed E-state index contributed by atoms with van der Waals surface area (Å²) in [5.74, 6) is 0.209. The van der Waals surface area contributed by atoms with Gasteiger partial charge in [-0.15, -0.1) is 10.2 Å². The van der Waals surface area contributed by atoms with Gasteiger partial charge in [0.15, 0.2) is 9.84 Å². The molecule has 3 aromatic rings. The summed E-state index contributed by atoms with van der Waals surface area (Å²) < 4.78 is 66.6. The summed E-state index contributed by atoms with van der Waals surface area (Å²) in [7, 11) is -4.34. The summed E-state index contributed by atoms with van der Waals surface area (Å²) in [4.78, 5) is 8.55. The summed E-state index contributed by atoms with van der Waals surface area (Å²) in [6, 6.07) is 5.09. The Morgan fingerprint density at radius 3 is 2.24 bits per heavy atom. The van der Waals surface area contributed by atoms with E-state index < -0.39 is 36.9 Å². The van der Waals surface area contributed by atoms with Gasteiger partial charge in [-0.1, -0.05) is 13.0 Å². The Morgan fingerprint density at radius 2 is 1.70 bits per heavy atom. The molecule has 2 aromatic heterocycles. The van der Waals surface area contributed by atoms with Gasteiger partial charge in [-0.25, -0.2) is 26.8 Å². The van der Waals surface area contributed by atoms with E-state index in [1.807, 2.05) is 6.92 Å². The van der Waals surface area contributed by atoms with E-state index in [0.29, 0.717) is 35.3 Å². The van der Waals surface area contributed by atoms with Crippen molar-refractivity contribution in [2.75, 3.05) is 30.4 Å². The number of sulfone groups is 1. The minimum absolute atomic E-state index is 0.0136. The third kappa shape index (κ3) is 5.39. The molecule has 1 N–H and O–H groups in total. The molecule has 0 amide bonds. The number of nitrogens with zero attached hydrogens (tertiary/aromatic N) is 5. The first-order valence-electron chi connectivity index (χ1n) is 11.6. The zero-order valence-corrected chi connectivity index (χ0v) is 22.9. The van der Waals surface area contributed by atoms with Crippen LogP contribution in [0.5, 0.6) is 11.5 Å². The van der Waals surface area contributed by atoms with Gasteiger partial charge >= 0.3 is 0 Å². The van der Waals surface area contributed by atoms with Crippen LogP contribution in [0.1, 0.15) is 49.3 Å². The van der Waals surface area contributed by atoms with Crippen LogP contribution < -0.4 is 14.2 Å². The van der Waals surface area contributed by atoms with Crippen LogP contribution in [0, 0.1) is 6.92 Å². The Hall–Kier alpha value is -3.26. The molecule has 3 heterocycles. The molecule has 1 aromatic carbocycles. The van der Waals surface area contributed by atoms with Crippen molar-refractivity contribution in [2.45, 2.75) is 44.3 Å². The monoisotopic (exact) mass is 550 g/mol. The van der Waals surface area contributed by atoms with Crippen LogP contribution in [0.2, 0.25) is 0 Å². The normalized spacial score (nSPS) is 18.8. The maximum Gasteiger partial charge on any atom is 0.243 e. The summed E-state index contributed by atoms with van der Waals surface area (Å²) in [6.45, 7) is 5.14. The van der Waals surface area contributed by atoms with Crippen molar-refractivity contribution in [3.05, 3.63) is 47.8 Å². The predicted molar refractivity (Wildman–Crippen MR) is 138 cm³/mol. The second-order valence-corrected chi connectivity index (χ2v) is 13.4. The van der Waals surface area contributed by atoms with Crippen molar-refractivity contribution >= 4 is 25.8 Å². The van der Waals surface area contributed by atoms with Crippen LogP contribution in [-0.2, 0) is 19.9 Å². The van der Waals surface area contributed by atoms with E-state index in [1.54, 1.807) is 44.4 Å². The molecule has 1 aliphatic heterocycles. The number of ether oxygens (including phenoxy) is 2. The third-order valence-electron chi connectivity index (χ3n) is 6.55. The summed E-state index contributed by atoms with van der Waals surface area (Å²) >= 11 is 0. The molecular formula is C23H30N6O6S2. The second-order valence-electron chi connectivity index (χ2n) is 9.09. The van der Waals surface area contributed by atoms with Crippen molar-refractivity contribution in [1.82, 2.24) is 24.7 Å². The van der Waals surface area contributed by atoms with E-state index in [4.69, 9.17) is 9.47 Å². The van der Waals surface area contributed by atoms with Gasteiger partial charge in [-0.3, -0.25) is 9.29 Å². The molecule has 0 saturated carbocycles. The van der Waals surface area contributed by atoms with Gasteiger partial charge in [-0.05, 0) is 38.0 Å². The van der Waals surface area contributed by atoms with Crippen molar-refractivity contribution in [3.63, 3.8) is 0 Å². The average molecular weight is 551 g/mol. The first-order chi connectivity index (χ1) is 17.5. The van der Waals surface area contributed by atoms with Gasteiger partial charge in [-0.2, -0.15) is 0 Å². The van der Waals surface area contributed by atoms with E-state index in [9.17, 15) is 16.8 Å². The fraction of sp³-hybridized carbons (Fsp3) is 0.478. The fourth-order valence-electron chi connectivity index (χ4n) is 4.23. The van der Waals surface area contributed by atoms with Crippen LogP contribution in [0.3, 0.4) is 0 Å². The van der Waals surface area contributed by atoms with Crippen LogP contribution in [0.15, 0.2) is 30.6 Å². The highest BCUT2D eigenvalue weighted by Crippen LogP contribution is 2.39. The van der Waals surface area contributed by atoms with Crippen molar-refractivity contribution < 1.29 is 26.3 Å². The predicted octanol–water partition coefficient (Wildman–Crippen LogP) is 2.22. The van der Waals surface area contributed by atoms with E-state index >= 15 is 0 Å². The van der Waals surface area contributed by atoms with Gasteiger partial charge in [0.05, 0.1) is 31.0 Å². The quantitative estimate of drug-likeness (QED) is 0.419. The number of hydrogen-bond donors (Lipinski definition) is 1. The number of methoxy groups -OCH3 is 2. The van der Waals surface area contributed by atoms with Gasteiger partial charge in [0.25, 0.3) is 0 Å². The molecular weight excluding hydrogens is 520 g/mol. The Bertz CT molecular complexity index is 1470. The van der Waals surface area contributed by atoms with Crippen LogP contribution in [-0.4, -0.2) is 72.5 Å². The Labute approximate surface area is 216 Å². The molecule has 14 heteroatoms. The standard InChI is InChI=1S/C23H30N6O6S2/c1-14-11-24-21(25-12-14)15(2)16(3)37(32,33)28-23-27-26-22(17-9-10-36(30,31)13-17)29(23)20-18(34-4)7-6-8-19(20)35-5/h6-8,11-12,15-17H,9-10,13H2,1-5H3,(H,27,28)/t15-,16-,17-/m0/s1. The zero-order valence-electron chi connectivity index (χ0n) is 21.2. The summed E-state index contributed by atoms with van der Waals surface area (Å²) in [6.07, 6.45) is 3.61. The topological polar surface area (TPSA) is 155 Å². The van der Waals surface area contributed by atoms with Crippen molar-refractivity contribution in [1.29, 1.82) is 0 Å². The lowest BCUT2D eigenvalue weighted by atomic mass is 10.1. The maximum atomic E-state index is 13.5. The number of aryl methyl sites for hydroxylation is 1. The zero-order chi connectivity index (χ0) is 27.0. The number of hydrogen-bond acceptors (Lipinski definition) is 10. The first-order valence-corrected chi connectivity index (χ1v) is 15.0. The lowest BCUT2D eigenvalue weighted by Gasteiger charge is -2.22. The molecule has 1 saturated heterocycles. The molecule has 200 valence electrons. The molecule has 4 rings (SSSR count). The van der Waals surface area contributed by atoms with Crippen molar-refractivity contribution in [2.24, 2.45) is 0 Å². The largest absolute Gasteiger partial charge is 0.494 e. The molecule has 0 radical (unpaired) electrons. The molecule has 12 nitrogen and oxygen atoms in total. The minimum atomic E-state index is -4.03. The summed E-state index contributed by atoms with van der Waals surface area (Å²) in [5, 5.41) is 7.43. The first kappa shape index (κ1) is 26.8. The number of anilines is 1. The van der Waals surface area contributed by atoms with Gasteiger partial charge in [0, 0.05) is 24.2 Å². The van der Waals surface area contributed by atoms with Gasteiger partial charge < -0.3 is 9.47 Å². The number of rotatable bonds is 9. The molecule has 0 unspecified atom stereocenters.